The van der Waals surface area contributed by atoms with E-state index in [2.05, 4.69) is 4.98 Å². The molecule has 2 heterocycles. The Bertz CT molecular complexity index is 1170. The first-order chi connectivity index (χ1) is 14.7. The van der Waals surface area contributed by atoms with Crippen molar-refractivity contribution in [3.8, 4) is 11.4 Å². The van der Waals surface area contributed by atoms with E-state index in [0.29, 0.717) is 17.2 Å². The lowest BCUT2D eigenvalue weighted by atomic mass is 9.89. The molecule has 1 aromatic heterocycles. The maximum atomic E-state index is 13.0. The lowest BCUT2D eigenvalue weighted by Gasteiger charge is -2.32. The van der Waals surface area contributed by atoms with E-state index < -0.39 is 0 Å². The molecule has 0 spiro atoms. The van der Waals surface area contributed by atoms with Gasteiger partial charge in [0.1, 0.15) is 12.1 Å². The zero-order valence-corrected chi connectivity index (χ0v) is 16.6. The molecule has 1 N–H and O–H groups in total. The molecule has 0 unspecified atom stereocenters. The first kappa shape index (κ1) is 18.4. The van der Waals surface area contributed by atoms with Crippen molar-refractivity contribution in [2.24, 2.45) is 0 Å². The number of fused-ring (bicyclic) bond motifs is 1. The van der Waals surface area contributed by atoms with Crippen LogP contribution in [0.4, 0.5) is 0 Å². The average Bonchev–Trinajstić information content (AvgIpc) is 3.24. The molecular weight excluding hydrogens is 374 g/mol. The molecule has 0 saturated carbocycles. The standard InChI is InChI=1S/C25H23N3O2/c29-22-11-7-18(8-12-22)19-13-15-27(16-14-19)25(30)20-5-9-21(10-6-20)28-17-26-23-3-1-2-4-24(23)28/h1-12,17,19,29H,13-16H2. The van der Waals surface area contributed by atoms with Crippen LogP contribution in [0.15, 0.2) is 79.1 Å². The number of carbonyl (C=O) groups excluding carboxylic acids is 1. The van der Waals surface area contributed by atoms with Crippen molar-refractivity contribution in [2.75, 3.05) is 13.1 Å². The van der Waals surface area contributed by atoms with Crippen LogP contribution in [-0.4, -0.2) is 38.6 Å². The molecule has 30 heavy (non-hydrogen) atoms. The van der Waals surface area contributed by atoms with E-state index in [9.17, 15) is 9.90 Å². The molecule has 4 aromatic rings. The topological polar surface area (TPSA) is 58.4 Å². The van der Waals surface area contributed by atoms with Crippen LogP contribution in [0.5, 0.6) is 5.75 Å². The minimum absolute atomic E-state index is 0.0844. The van der Waals surface area contributed by atoms with Gasteiger partial charge < -0.3 is 10.0 Å². The molecule has 5 heteroatoms. The number of carbonyl (C=O) groups is 1. The first-order valence-corrected chi connectivity index (χ1v) is 10.3. The molecule has 5 nitrogen and oxygen atoms in total. The Hall–Kier alpha value is -3.60. The summed E-state index contributed by atoms with van der Waals surface area (Å²) in [6, 6.07) is 23.2. The Morgan fingerprint density at radius 3 is 2.33 bits per heavy atom. The summed E-state index contributed by atoms with van der Waals surface area (Å²) in [6.45, 7) is 1.50. The molecule has 0 bridgehead atoms. The third kappa shape index (κ3) is 3.43. The number of aromatic nitrogens is 2. The zero-order valence-electron chi connectivity index (χ0n) is 16.6. The third-order valence-corrected chi connectivity index (χ3v) is 5.99. The Morgan fingerprint density at radius 2 is 1.60 bits per heavy atom. The fourth-order valence-corrected chi connectivity index (χ4v) is 4.27. The number of amides is 1. The lowest BCUT2D eigenvalue weighted by molar-refractivity contribution is 0.0713. The predicted molar refractivity (Wildman–Crippen MR) is 117 cm³/mol. The molecule has 3 aromatic carbocycles. The smallest absolute Gasteiger partial charge is 0.253 e. The highest BCUT2D eigenvalue weighted by Gasteiger charge is 2.24. The molecule has 0 aliphatic carbocycles. The minimum Gasteiger partial charge on any atom is -0.508 e. The molecule has 0 radical (unpaired) electrons. The lowest BCUT2D eigenvalue weighted by Crippen LogP contribution is -2.37. The van der Waals surface area contributed by atoms with Gasteiger partial charge in [0, 0.05) is 24.3 Å². The summed E-state index contributed by atoms with van der Waals surface area (Å²) >= 11 is 0. The number of imidazole rings is 1. The number of para-hydroxylation sites is 2. The van der Waals surface area contributed by atoms with Gasteiger partial charge in [-0.3, -0.25) is 9.36 Å². The van der Waals surface area contributed by atoms with Crippen LogP contribution in [-0.2, 0) is 0 Å². The fraction of sp³-hybridized carbons (Fsp3) is 0.200. The van der Waals surface area contributed by atoms with Crippen LogP contribution in [0.1, 0.15) is 34.7 Å². The van der Waals surface area contributed by atoms with Crippen molar-refractivity contribution in [3.05, 3.63) is 90.3 Å². The first-order valence-electron chi connectivity index (χ1n) is 10.3. The second-order valence-corrected chi connectivity index (χ2v) is 7.81. The van der Waals surface area contributed by atoms with Gasteiger partial charge >= 0.3 is 0 Å². The summed E-state index contributed by atoms with van der Waals surface area (Å²) in [6.07, 6.45) is 3.70. The molecular formula is C25H23N3O2. The van der Waals surface area contributed by atoms with E-state index in [1.807, 2.05) is 76.5 Å². The number of benzene rings is 3. The highest BCUT2D eigenvalue weighted by atomic mass is 16.3. The molecule has 1 saturated heterocycles. The fourth-order valence-electron chi connectivity index (χ4n) is 4.27. The maximum Gasteiger partial charge on any atom is 0.253 e. The van der Waals surface area contributed by atoms with E-state index in [4.69, 9.17) is 0 Å². The number of hydrogen-bond donors (Lipinski definition) is 1. The van der Waals surface area contributed by atoms with Gasteiger partial charge in [-0.15, -0.1) is 0 Å². The number of aromatic hydroxyl groups is 1. The van der Waals surface area contributed by atoms with Crippen LogP contribution in [0.2, 0.25) is 0 Å². The summed E-state index contributed by atoms with van der Waals surface area (Å²) < 4.78 is 2.03. The van der Waals surface area contributed by atoms with Crippen LogP contribution in [0.25, 0.3) is 16.7 Å². The molecule has 1 amide bonds. The third-order valence-electron chi connectivity index (χ3n) is 5.99. The second-order valence-electron chi connectivity index (χ2n) is 7.81. The largest absolute Gasteiger partial charge is 0.508 e. The van der Waals surface area contributed by atoms with E-state index in [0.717, 1.165) is 42.7 Å². The van der Waals surface area contributed by atoms with Crippen molar-refractivity contribution in [1.82, 2.24) is 14.5 Å². The number of hydrogen-bond acceptors (Lipinski definition) is 3. The van der Waals surface area contributed by atoms with Gasteiger partial charge in [-0.05, 0) is 72.9 Å². The molecule has 5 rings (SSSR count). The van der Waals surface area contributed by atoms with Gasteiger partial charge in [-0.1, -0.05) is 24.3 Å². The van der Waals surface area contributed by atoms with Crippen molar-refractivity contribution in [1.29, 1.82) is 0 Å². The summed E-state index contributed by atoms with van der Waals surface area (Å²) in [4.78, 5) is 19.4. The Labute approximate surface area is 175 Å². The van der Waals surface area contributed by atoms with Gasteiger partial charge in [-0.2, -0.15) is 0 Å². The van der Waals surface area contributed by atoms with Gasteiger partial charge in [0.2, 0.25) is 0 Å². The normalized spacial score (nSPS) is 14.9. The van der Waals surface area contributed by atoms with Crippen LogP contribution in [0, 0.1) is 0 Å². The van der Waals surface area contributed by atoms with E-state index in [1.54, 1.807) is 12.1 Å². The quantitative estimate of drug-likeness (QED) is 0.543. The van der Waals surface area contributed by atoms with E-state index >= 15 is 0 Å². The number of piperidine rings is 1. The number of nitrogens with zero attached hydrogens (tertiary/aromatic N) is 3. The monoisotopic (exact) mass is 397 g/mol. The molecule has 0 atom stereocenters. The highest BCUT2D eigenvalue weighted by molar-refractivity contribution is 5.94. The van der Waals surface area contributed by atoms with Crippen LogP contribution >= 0.6 is 0 Å². The second kappa shape index (κ2) is 7.67. The maximum absolute atomic E-state index is 13.0. The summed E-state index contributed by atoms with van der Waals surface area (Å²) in [5.74, 6) is 0.811. The van der Waals surface area contributed by atoms with Crippen molar-refractivity contribution >= 4 is 16.9 Å². The van der Waals surface area contributed by atoms with Crippen LogP contribution < -0.4 is 0 Å². The summed E-state index contributed by atoms with van der Waals surface area (Å²) in [5.41, 5.74) is 4.94. The summed E-state index contributed by atoms with van der Waals surface area (Å²) in [7, 11) is 0. The SMILES string of the molecule is O=C(c1ccc(-n2cnc3ccccc32)cc1)N1CCC(c2ccc(O)cc2)CC1. The minimum atomic E-state index is 0.0844. The van der Waals surface area contributed by atoms with Gasteiger partial charge in [0.15, 0.2) is 0 Å². The Kier molecular flexibility index (Phi) is 4.71. The average molecular weight is 397 g/mol. The van der Waals surface area contributed by atoms with Gasteiger partial charge in [-0.25, -0.2) is 4.98 Å². The molecule has 1 aliphatic heterocycles. The van der Waals surface area contributed by atoms with Gasteiger partial charge in [0.25, 0.3) is 5.91 Å². The van der Waals surface area contributed by atoms with Crippen LogP contribution in [0.3, 0.4) is 0 Å². The predicted octanol–water partition coefficient (Wildman–Crippen LogP) is 4.75. The Morgan fingerprint density at radius 1 is 0.900 bits per heavy atom. The van der Waals surface area contributed by atoms with E-state index in [1.165, 1.54) is 5.56 Å². The number of likely N-dealkylation sites (tertiary alicyclic amines) is 1. The summed E-state index contributed by atoms with van der Waals surface area (Å²) in [5, 5.41) is 9.47. The van der Waals surface area contributed by atoms with Crippen molar-refractivity contribution in [3.63, 3.8) is 0 Å². The Balaban J connectivity index is 1.27. The zero-order chi connectivity index (χ0) is 20.5. The number of phenolic OH excluding ortho intramolecular Hbond substituents is 1. The van der Waals surface area contributed by atoms with Gasteiger partial charge in [0.05, 0.1) is 11.0 Å². The number of rotatable bonds is 3. The van der Waals surface area contributed by atoms with Crippen molar-refractivity contribution < 1.29 is 9.90 Å². The van der Waals surface area contributed by atoms with Crippen molar-refractivity contribution in [2.45, 2.75) is 18.8 Å². The molecule has 1 fully saturated rings. The molecule has 1 aliphatic rings. The molecule has 150 valence electrons. The number of phenols is 1. The van der Waals surface area contributed by atoms with E-state index in [-0.39, 0.29) is 5.91 Å². The highest BCUT2D eigenvalue weighted by Crippen LogP contribution is 2.29.